The largest absolute Gasteiger partial charge is 0.371 e. The summed E-state index contributed by atoms with van der Waals surface area (Å²) in [4.78, 5) is 16.7. The standard InChI is InChI=1S/C13H19N3O2.2C2H6/c17-12-11(2-1-5-15-12)16-8-9-18-13(10-16)3-6-14-7-4-13;2*1-2/h1-2,5,14H,3-4,6-10H2,(H,15,17);2*1-2H3. The first-order valence-corrected chi connectivity index (χ1v) is 8.56. The van der Waals surface area contributed by atoms with Crippen LogP contribution in [-0.2, 0) is 4.74 Å². The van der Waals surface area contributed by atoms with Crippen molar-refractivity contribution in [3.05, 3.63) is 28.7 Å². The minimum absolute atomic E-state index is 0.0107. The Bertz CT molecular complexity index is 461. The highest BCUT2D eigenvalue weighted by Crippen LogP contribution is 2.28. The number of ether oxygens (including phenoxy) is 1. The van der Waals surface area contributed by atoms with Crippen molar-refractivity contribution in [3.8, 4) is 0 Å². The molecule has 5 nitrogen and oxygen atoms in total. The van der Waals surface area contributed by atoms with Crippen molar-refractivity contribution in [3.63, 3.8) is 0 Å². The van der Waals surface area contributed by atoms with Crippen LogP contribution in [0.25, 0.3) is 0 Å². The maximum atomic E-state index is 11.8. The Hall–Kier alpha value is -1.33. The van der Waals surface area contributed by atoms with E-state index < -0.39 is 0 Å². The quantitative estimate of drug-likeness (QED) is 0.836. The van der Waals surface area contributed by atoms with Gasteiger partial charge in [-0.3, -0.25) is 4.79 Å². The van der Waals surface area contributed by atoms with Crippen LogP contribution in [0.1, 0.15) is 40.5 Å². The first-order chi connectivity index (χ1) is 10.8. The molecule has 1 spiro atoms. The van der Waals surface area contributed by atoms with E-state index in [9.17, 15) is 4.79 Å². The van der Waals surface area contributed by atoms with Crippen molar-refractivity contribution in [2.24, 2.45) is 0 Å². The summed E-state index contributed by atoms with van der Waals surface area (Å²) in [6.45, 7) is 12.3. The van der Waals surface area contributed by atoms with Gasteiger partial charge in [0.2, 0.25) is 0 Å². The first-order valence-electron chi connectivity index (χ1n) is 8.56. The van der Waals surface area contributed by atoms with E-state index in [0.29, 0.717) is 6.61 Å². The summed E-state index contributed by atoms with van der Waals surface area (Å²) in [6, 6.07) is 3.76. The van der Waals surface area contributed by atoms with Gasteiger partial charge in [0.1, 0.15) is 5.69 Å². The van der Waals surface area contributed by atoms with Crippen LogP contribution >= 0.6 is 0 Å². The molecule has 1 aromatic heterocycles. The molecular weight excluding hydrogens is 278 g/mol. The molecule has 2 N–H and O–H groups in total. The normalized spacial score (nSPS) is 19.5. The zero-order chi connectivity index (χ0) is 16.4. The SMILES string of the molecule is CC.CC.O=c1[nH]cccc1N1CCOC2(CCNCC2)C1. The highest BCUT2D eigenvalue weighted by atomic mass is 16.5. The van der Waals surface area contributed by atoms with Crippen molar-refractivity contribution >= 4 is 5.69 Å². The smallest absolute Gasteiger partial charge is 0.271 e. The lowest BCUT2D eigenvalue weighted by Gasteiger charge is -2.45. The number of rotatable bonds is 1. The zero-order valence-electron chi connectivity index (χ0n) is 14.4. The van der Waals surface area contributed by atoms with Gasteiger partial charge >= 0.3 is 0 Å². The molecule has 2 fully saturated rings. The average molecular weight is 309 g/mol. The molecule has 0 saturated carbocycles. The lowest BCUT2D eigenvalue weighted by Crippen LogP contribution is -2.57. The summed E-state index contributed by atoms with van der Waals surface area (Å²) < 4.78 is 6.00. The molecular formula is C17H31N3O2. The van der Waals surface area contributed by atoms with Crippen molar-refractivity contribution < 1.29 is 4.74 Å². The number of aromatic nitrogens is 1. The number of piperidine rings is 1. The second-order valence-corrected chi connectivity index (χ2v) is 5.09. The number of pyridine rings is 1. The number of nitrogens with zero attached hydrogens (tertiary/aromatic N) is 1. The molecule has 0 unspecified atom stereocenters. The lowest BCUT2D eigenvalue weighted by molar-refractivity contribution is -0.0739. The Morgan fingerprint density at radius 2 is 1.86 bits per heavy atom. The molecule has 126 valence electrons. The van der Waals surface area contributed by atoms with Crippen LogP contribution in [0.4, 0.5) is 5.69 Å². The summed E-state index contributed by atoms with van der Waals surface area (Å²) in [5.74, 6) is 0. The molecule has 5 heteroatoms. The van der Waals surface area contributed by atoms with Crippen LogP contribution in [0, 0.1) is 0 Å². The number of H-pyrrole nitrogens is 1. The van der Waals surface area contributed by atoms with Gasteiger partial charge in [-0.1, -0.05) is 27.7 Å². The zero-order valence-corrected chi connectivity index (χ0v) is 14.4. The molecule has 1 aromatic rings. The van der Waals surface area contributed by atoms with Gasteiger partial charge in [0.25, 0.3) is 5.56 Å². The molecule has 22 heavy (non-hydrogen) atoms. The van der Waals surface area contributed by atoms with E-state index in [-0.39, 0.29) is 11.2 Å². The van der Waals surface area contributed by atoms with Crippen LogP contribution in [0.2, 0.25) is 0 Å². The summed E-state index contributed by atoms with van der Waals surface area (Å²) in [7, 11) is 0. The summed E-state index contributed by atoms with van der Waals surface area (Å²) in [6.07, 6.45) is 3.72. The second-order valence-electron chi connectivity index (χ2n) is 5.09. The molecule has 0 radical (unpaired) electrons. The minimum atomic E-state index is -0.0637. The fraction of sp³-hybridized carbons (Fsp3) is 0.706. The monoisotopic (exact) mass is 309 g/mol. The van der Waals surface area contributed by atoms with Crippen LogP contribution in [-0.4, -0.2) is 43.4 Å². The number of nitrogens with one attached hydrogen (secondary N) is 2. The van der Waals surface area contributed by atoms with E-state index in [4.69, 9.17) is 4.74 Å². The van der Waals surface area contributed by atoms with Crippen molar-refractivity contribution in [1.29, 1.82) is 0 Å². The van der Waals surface area contributed by atoms with Gasteiger partial charge in [-0.2, -0.15) is 0 Å². The molecule has 2 aliphatic rings. The van der Waals surface area contributed by atoms with Crippen LogP contribution < -0.4 is 15.8 Å². The highest BCUT2D eigenvalue weighted by molar-refractivity contribution is 5.44. The van der Waals surface area contributed by atoms with Gasteiger partial charge in [-0.05, 0) is 38.1 Å². The molecule has 0 aromatic carbocycles. The fourth-order valence-electron chi connectivity index (χ4n) is 2.90. The van der Waals surface area contributed by atoms with Crippen molar-refractivity contribution in [2.75, 3.05) is 37.7 Å². The van der Waals surface area contributed by atoms with Gasteiger partial charge in [0, 0.05) is 19.3 Å². The Balaban J connectivity index is 0.000000561. The first kappa shape index (κ1) is 18.7. The fourth-order valence-corrected chi connectivity index (χ4v) is 2.90. The van der Waals surface area contributed by atoms with Gasteiger partial charge < -0.3 is 19.9 Å². The highest BCUT2D eigenvalue weighted by Gasteiger charge is 2.38. The van der Waals surface area contributed by atoms with E-state index in [2.05, 4.69) is 15.2 Å². The summed E-state index contributed by atoms with van der Waals surface area (Å²) >= 11 is 0. The van der Waals surface area contributed by atoms with Crippen LogP contribution in [0.15, 0.2) is 23.1 Å². The van der Waals surface area contributed by atoms with E-state index >= 15 is 0 Å². The van der Waals surface area contributed by atoms with Gasteiger partial charge in [-0.25, -0.2) is 0 Å². The van der Waals surface area contributed by atoms with Gasteiger partial charge in [0.15, 0.2) is 0 Å². The van der Waals surface area contributed by atoms with E-state index in [0.717, 1.165) is 44.7 Å². The maximum Gasteiger partial charge on any atom is 0.271 e. The molecule has 3 heterocycles. The predicted molar refractivity (Wildman–Crippen MR) is 92.8 cm³/mol. The number of hydrogen-bond acceptors (Lipinski definition) is 4. The average Bonchev–Trinajstić information content (AvgIpc) is 2.60. The third kappa shape index (κ3) is 4.58. The van der Waals surface area contributed by atoms with Crippen molar-refractivity contribution in [1.82, 2.24) is 10.3 Å². The Morgan fingerprint density at radius 1 is 1.18 bits per heavy atom. The maximum absolute atomic E-state index is 11.8. The third-order valence-corrected chi connectivity index (χ3v) is 3.90. The third-order valence-electron chi connectivity index (χ3n) is 3.90. The lowest BCUT2D eigenvalue weighted by atomic mass is 9.90. The Kier molecular flexibility index (Phi) is 8.20. The van der Waals surface area contributed by atoms with Crippen LogP contribution in [0.3, 0.4) is 0 Å². The minimum Gasteiger partial charge on any atom is -0.371 e. The number of hydrogen-bond donors (Lipinski definition) is 2. The van der Waals surface area contributed by atoms with Crippen LogP contribution in [0.5, 0.6) is 0 Å². The van der Waals surface area contributed by atoms with E-state index in [1.54, 1.807) is 6.20 Å². The molecule has 2 saturated heterocycles. The van der Waals surface area contributed by atoms with E-state index in [1.165, 1.54) is 0 Å². The Morgan fingerprint density at radius 3 is 2.50 bits per heavy atom. The topological polar surface area (TPSA) is 57.4 Å². The number of anilines is 1. The van der Waals surface area contributed by atoms with Gasteiger partial charge in [-0.15, -0.1) is 0 Å². The Labute approximate surface area is 134 Å². The molecule has 0 amide bonds. The second kappa shape index (κ2) is 9.64. The van der Waals surface area contributed by atoms with Gasteiger partial charge in [0.05, 0.1) is 12.2 Å². The molecule has 0 aliphatic carbocycles. The molecule has 2 aliphatic heterocycles. The predicted octanol–water partition coefficient (Wildman–Crippen LogP) is 2.39. The van der Waals surface area contributed by atoms with Crippen molar-refractivity contribution in [2.45, 2.75) is 46.1 Å². The molecule has 3 rings (SSSR count). The summed E-state index contributed by atoms with van der Waals surface area (Å²) in [5.41, 5.74) is 0.688. The summed E-state index contributed by atoms with van der Waals surface area (Å²) in [5, 5.41) is 3.36. The molecule has 0 atom stereocenters. The number of morpholine rings is 1. The van der Waals surface area contributed by atoms with E-state index in [1.807, 2.05) is 39.8 Å². The number of aromatic amines is 1. The molecule has 0 bridgehead atoms.